The van der Waals surface area contributed by atoms with Gasteiger partial charge in [0, 0.05) is 12.2 Å². The van der Waals surface area contributed by atoms with Gasteiger partial charge in [-0.15, -0.1) is 0 Å². The van der Waals surface area contributed by atoms with E-state index in [4.69, 9.17) is 5.26 Å². The Balaban J connectivity index is 2.76. The predicted molar refractivity (Wildman–Crippen MR) is 66.1 cm³/mol. The summed E-state index contributed by atoms with van der Waals surface area (Å²) in [5.74, 6) is 0.631. The van der Waals surface area contributed by atoms with E-state index in [0.29, 0.717) is 17.7 Å². The van der Waals surface area contributed by atoms with Gasteiger partial charge >= 0.3 is 0 Å². The monoisotopic (exact) mass is 217 g/mol. The second-order valence-electron chi connectivity index (χ2n) is 4.02. The second kappa shape index (κ2) is 6.12. The molecule has 1 N–H and O–H groups in total. The van der Waals surface area contributed by atoms with Crippen molar-refractivity contribution in [2.75, 3.05) is 5.32 Å². The van der Waals surface area contributed by atoms with E-state index < -0.39 is 0 Å². The number of rotatable bonds is 5. The standard InChI is InChI=1S/C13H19N3/c1-4-11(5-2)10(3)16-12-7-6-8-15-13(12)9-14/h6-8,10-11,16H,4-5H2,1-3H3. The lowest BCUT2D eigenvalue weighted by Crippen LogP contribution is -2.25. The van der Waals surface area contributed by atoms with Crippen LogP contribution >= 0.6 is 0 Å². The zero-order valence-corrected chi connectivity index (χ0v) is 10.2. The van der Waals surface area contributed by atoms with E-state index in [1.54, 1.807) is 6.20 Å². The van der Waals surface area contributed by atoms with Gasteiger partial charge in [-0.05, 0) is 25.0 Å². The van der Waals surface area contributed by atoms with Crippen LogP contribution in [0.15, 0.2) is 18.3 Å². The minimum absolute atomic E-state index is 0.367. The molecule has 0 fully saturated rings. The maximum atomic E-state index is 8.93. The quantitative estimate of drug-likeness (QED) is 0.824. The first-order valence-electron chi connectivity index (χ1n) is 5.84. The summed E-state index contributed by atoms with van der Waals surface area (Å²) in [6, 6.07) is 6.23. The minimum Gasteiger partial charge on any atom is -0.380 e. The van der Waals surface area contributed by atoms with Crippen molar-refractivity contribution < 1.29 is 0 Å². The Kier molecular flexibility index (Phi) is 4.78. The molecule has 0 saturated heterocycles. The normalized spacial score (nSPS) is 12.2. The fourth-order valence-electron chi connectivity index (χ4n) is 1.97. The summed E-state index contributed by atoms with van der Waals surface area (Å²) in [6.07, 6.45) is 3.94. The number of hydrogen-bond acceptors (Lipinski definition) is 3. The summed E-state index contributed by atoms with van der Waals surface area (Å²) in [7, 11) is 0. The summed E-state index contributed by atoms with van der Waals surface area (Å²) in [4.78, 5) is 4.04. The Morgan fingerprint density at radius 1 is 1.44 bits per heavy atom. The summed E-state index contributed by atoms with van der Waals surface area (Å²) in [5, 5.41) is 12.3. The molecule has 3 heteroatoms. The third-order valence-corrected chi connectivity index (χ3v) is 3.05. The molecule has 1 aromatic heterocycles. The molecule has 0 amide bonds. The Morgan fingerprint density at radius 3 is 2.69 bits per heavy atom. The van der Waals surface area contributed by atoms with Gasteiger partial charge in [-0.2, -0.15) is 5.26 Å². The molecule has 1 aromatic rings. The number of nitriles is 1. The molecule has 1 rings (SSSR count). The van der Waals surface area contributed by atoms with Gasteiger partial charge in [0.1, 0.15) is 6.07 Å². The van der Waals surface area contributed by atoms with E-state index in [9.17, 15) is 0 Å². The summed E-state index contributed by atoms with van der Waals surface area (Å²) in [5.41, 5.74) is 1.31. The van der Waals surface area contributed by atoms with Gasteiger partial charge in [0.2, 0.25) is 0 Å². The zero-order valence-electron chi connectivity index (χ0n) is 10.2. The van der Waals surface area contributed by atoms with Gasteiger partial charge in [-0.3, -0.25) is 0 Å². The van der Waals surface area contributed by atoms with Crippen LogP contribution < -0.4 is 5.32 Å². The van der Waals surface area contributed by atoms with Crippen LogP contribution in [0.3, 0.4) is 0 Å². The number of anilines is 1. The smallest absolute Gasteiger partial charge is 0.163 e. The highest BCUT2D eigenvalue weighted by molar-refractivity contribution is 5.53. The molecule has 16 heavy (non-hydrogen) atoms. The molecule has 0 radical (unpaired) electrons. The zero-order chi connectivity index (χ0) is 12.0. The lowest BCUT2D eigenvalue weighted by molar-refractivity contribution is 0.437. The van der Waals surface area contributed by atoms with E-state index in [-0.39, 0.29) is 0 Å². The van der Waals surface area contributed by atoms with Crippen molar-refractivity contribution in [3.8, 4) is 6.07 Å². The molecule has 0 spiro atoms. The van der Waals surface area contributed by atoms with Crippen LogP contribution in [0.5, 0.6) is 0 Å². The van der Waals surface area contributed by atoms with Crippen molar-refractivity contribution in [3.05, 3.63) is 24.0 Å². The summed E-state index contributed by atoms with van der Waals surface area (Å²) >= 11 is 0. The molecule has 0 aliphatic heterocycles. The Hall–Kier alpha value is -1.56. The van der Waals surface area contributed by atoms with Gasteiger partial charge in [-0.1, -0.05) is 26.7 Å². The highest BCUT2D eigenvalue weighted by Crippen LogP contribution is 2.19. The number of pyridine rings is 1. The highest BCUT2D eigenvalue weighted by Gasteiger charge is 2.14. The van der Waals surface area contributed by atoms with E-state index in [2.05, 4.69) is 37.1 Å². The lowest BCUT2D eigenvalue weighted by atomic mass is 9.95. The SMILES string of the molecule is CCC(CC)C(C)Nc1cccnc1C#N. The minimum atomic E-state index is 0.367. The van der Waals surface area contributed by atoms with Crippen molar-refractivity contribution in [1.82, 2.24) is 4.98 Å². The van der Waals surface area contributed by atoms with Crippen molar-refractivity contribution in [2.45, 2.75) is 39.7 Å². The van der Waals surface area contributed by atoms with Crippen LogP contribution in [0.25, 0.3) is 0 Å². The van der Waals surface area contributed by atoms with Crippen molar-refractivity contribution in [1.29, 1.82) is 5.26 Å². The Bertz CT molecular complexity index is 364. The molecular formula is C13H19N3. The van der Waals surface area contributed by atoms with Gasteiger partial charge < -0.3 is 5.32 Å². The molecule has 3 nitrogen and oxygen atoms in total. The fraction of sp³-hybridized carbons (Fsp3) is 0.538. The van der Waals surface area contributed by atoms with E-state index in [0.717, 1.165) is 18.5 Å². The van der Waals surface area contributed by atoms with Gasteiger partial charge in [0.05, 0.1) is 5.69 Å². The molecule has 1 heterocycles. The van der Waals surface area contributed by atoms with Crippen molar-refractivity contribution in [3.63, 3.8) is 0 Å². The van der Waals surface area contributed by atoms with Crippen LogP contribution in [0.2, 0.25) is 0 Å². The van der Waals surface area contributed by atoms with Crippen molar-refractivity contribution >= 4 is 5.69 Å². The molecule has 0 aliphatic carbocycles. The van der Waals surface area contributed by atoms with Gasteiger partial charge in [0.25, 0.3) is 0 Å². The average molecular weight is 217 g/mol. The largest absolute Gasteiger partial charge is 0.380 e. The number of hydrogen-bond donors (Lipinski definition) is 1. The molecule has 86 valence electrons. The van der Waals surface area contributed by atoms with E-state index >= 15 is 0 Å². The Morgan fingerprint density at radius 2 is 2.12 bits per heavy atom. The molecule has 0 aromatic carbocycles. The molecule has 0 saturated carbocycles. The van der Waals surface area contributed by atoms with Crippen LogP contribution in [0.1, 0.15) is 39.3 Å². The van der Waals surface area contributed by atoms with Crippen LogP contribution in [0, 0.1) is 17.2 Å². The Labute approximate surface area is 97.5 Å². The van der Waals surface area contributed by atoms with Gasteiger partial charge in [-0.25, -0.2) is 4.98 Å². The first-order valence-corrected chi connectivity index (χ1v) is 5.84. The number of aromatic nitrogens is 1. The first-order chi connectivity index (χ1) is 7.72. The van der Waals surface area contributed by atoms with E-state index in [1.807, 2.05) is 12.1 Å². The third-order valence-electron chi connectivity index (χ3n) is 3.05. The van der Waals surface area contributed by atoms with Crippen LogP contribution in [-0.4, -0.2) is 11.0 Å². The molecule has 1 atom stereocenters. The molecule has 1 unspecified atom stereocenters. The summed E-state index contributed by atoms with van der Waals surface area (Å²) in [6.45, 7) is 6.55. The second-order valence-corrected chi connectivity index (χ2v) is 4.02. The van der Waals surface area contributed by atoms with Crippen LogP contribution in [0.4, 0.5) is 5.69 Å². The fourth-order valence-corrected chi connectivity index (χ4v) is 1.97. The highest BCUT2D eigenvalue weighted by atomic mass is 14.9. The topological polar surface area (TPSA) is 48.7 Å². The lowest BCUT2D eigenvalue weighted by Gasteiger charge is -2.23. The van der Waals surface area contributed by atoms with Gasteiger partial charge in [0.15, 0.2) is 5.69 Å². The van der Waals surface area contributed by atoms with Crippen molar-refractivity contribution in [2.24, 2.45) is 5.92 Å². The van der Waals surface area contributed by atoms with Crippen LogP contribution in [-0.2, 0) is 0 Å². The summed E-state index contributed by atoms with van der Waals surface area (Å²) < 4.78 is 0. The number of nitrogens with one attached hydrogen (secondary N) is 1. The maximum Gasteiger partial charge on any atom is 0.163 e. The number of nitrogens with zero attached hydrogens (tertiary/aromatic N) is 2. The third kappa shape index (κ3) is 2.96. The van der Waals surface area contributed by atoms with E-state index in [1.165, 1.54) is 0 Å². The first kappa shape index (κ1) is 12.5. The predicted octanol–water partition coefficient (Wildman–Crippen LogP) is 3.19. The maximum absolute atomic E-state index is 8.93. The molecule has 0 aliphatic rings. The average Bonchev–Trinajstić information content (AvgIpc) is 2.31. The molecular weight excluding hydrogens is 198 g/mol. The molecule has 0 bridgehead atoms.